The second-order valence-corrected chi connectivity index (χ2v) is 8.03. The molecular weight excluding hydrogens is 437 g/mol. The largest absolute Gasteiger partial charge is 0.538 e. The van der Waals surface area contributed by atoms with Gasteiger partial charge in [-0.1, -0.05) is 33.6 Å². The van der Waals surface area contributed by atoms with E-state index in [1.165, 1.54) is 16.8 Å². The molecule has 0 fully saturated rings. The highest BCUT2D eigenvalue weighted by Gasteiger charge is 2.27. The molecule has 0 bridgehead atoms. The maximum atomic E-state index is 13.9. The number of amides is 1. The minimum atomic E-state index is -0.683. The molecule has 1 aromatic heterocycles. The lowest BCUT2D eigenvalue weighted by atomic mass is 10.2. The summed E-state index contributed by atoms with van der Waals surface area (Å²) in [6.07, 6.45) is 0. The summed E-state index contributed by atoms with van der Waals surface area (Å²) < 4.78 is 20.6. The Balaban J connectivity index is 1.77. The van der Waals surface area contributed by atoms with Crippen LogP contribution in [0.5, 0.6) is 5.95 Å². The third-order valence-electron chi connectivity index (χ3n) is 3.70. The quantitative estimate of drug-likeness (QED) is 0.475. The number of thioether (sulfide) groups is 1. The minimum absolute atomic E-state index is 0.0646. The molecule has 0 aliphatic heterocycles. The van der Waals surface area contributed by atoms with E-state index < -0.39 is 22.9 Å². The second kappa shape index (κ2) is 8.10. The van der Waals surface area contributed by atoms with Gasteiger partial charge >= 0.3 is 0 Å². The number of aromatic nitrogens is 2. The van der Waals surface area contributed by atoms with Gasteiger partial charge in [0.1, 0.15) is 5.82 Å². The van der Waals surface area contributed by atoms with Crippen LogP contribution < -0.4 is 15.1 Å². The number of halogens is 2. The van der Waals surface area contributed by atoms with Gasteiger partial charge in [0, 0.05) is 16.6 Å². The fourth-order valence-corrected chi connectivity index (χ4v) is 3.44. The van der Waals surface area contributed by atoms with Gasteiger partial charge in [-0.3, -0.25) is 4.79 Å². The summed E-state index contributed by atoms with van der Waals surface area (Å²) in [5.41, 5.74) is 1.76. The molecule has 1 heterocycles. The van der Waals surface area contributed by atoms with Crippen LogP contribution in [0, 0.1) is 12.7 Å². The van der Waals surface area contributed by atoms with Crippen LogP contribution in [0.25, 0.3) is 5.69 Å². The van der Waals surface area contributed by atoms with E-state index in [-0.39, 0.29) is 10.7 Å². The molecule has 0 saturated heterocycles. The number of carbonyl (C=O) groups excluding carboxylic acids is 1. The SMILES string of the molecule is Cc1ccc(-[n+]2noc([O-])c2SC(C)C(=O)Nc2ccc(Br)cc2F)cc1. The van der Waals surface area contributed by atoms with E-state index >= 15 is 0 Å². The van der Waals surface area contributed by atoms with Gasteiger partial charge in [0.15, 0.2) is 5.95 Å². The zero-order valence-electron chi connectivity index (χ0n) is 14.4. The average molecular weight is 452 g/mol. The first-order chi connectivity index (χ1) is 12.8. The summed E-state index contributed by atoms with van der Waals surface area (Å²) in [6, 6.07) is 11.7. The van der Waals surface area contributed by atoms with E-state index in [9.17, 15) is 14.3 Å². The molecule has 6 nitrogen and oxygen atoms in total. The van der Waals surface area contributed by atoms with Gasteiger partial charge in [0.2, 0.25) is 11.6 Å². The highest BCUT2D eigenvalue weighted by molar-refractivity contribution is 9.10. The van der Waals surface area contributed by atoms with Gasteiger partial charge in [-0.25, -0.2) is 4.39 Å². The topological polar surface area (TPSA) is 82.1 Å². The van der Waals surface area contributed by atoms with Gasteiger partial charge in [-0.05, 0) is 48.5 Å². The molecule has 3 aromatic rings. The van der Waals surface area contributed by atoms with Crippen LogP contribution in [0.2, 0.25) is 0 Å². The molecule has 0 aliphatic rings. The molecule has 140 valence electrons. The predicted molar refractivity (Wildman–Crippen MR) is 100 cm³/mol. The van der Waals surface area contributed by atoms with E-state index in [0.717, 1.165) is 17.3 Å². The third kappa shape index (κ3) is 4.48. The fourth-order valence-electron chi connectivity index (χ4n) is 2.24. The normalized spacial score (nSPS) is 12.0. The summed E-state index contributed by atoms with van der Waals surface area (Å²) in [5, 5.41) is 17.8. The Labute approximate surface area is 167 Å². The lowest BCUT2D eigenvalue weighted by Gasteiger charge is -2.11. The summed E-state index contributed by atoms with van der Waals surface area (Å²) >= 11 is 4.15. The van der Waals surface area contributed by atoms with E-state index in [2.05, 4.69) is 26.5 Å². The van der Waals surface area contributed by atoms with E-state index in [4.69, 9.17) is 4.52 Å². The molecule has 0 radical (unpaired) electrons. The Bertz CT molecular complexity index is 978. The molecule has 0 spiro atoms. The number of hydrogen-bond donors (Lipinski definition) is 1. The highest BCUT2D eigenvalue weighted by Crippen LogP contribution is 2.28. The van der Waals surface area contributed by atoms with Crippen molar-refractivity contribution in [1.82, 2.24) is 5.27 Å². The van der Waals surface area contributed by atoms with Crippen molar-refractivity contribution in [3.8, 4) is 11.6 Å². The van der Waals surface area contributed by atoms with Crippen LogP contribution in [-0.4, -0.2) is 16.4 Å². The Morgan fingerprint density at radius 2 is 2.04 bits per heavy atom. The first kappa shape index (κ1) is 19.4. The zero-order valence-corrected chi connectivity index (χ0v) is 16.8. The smallest absolute Gasteiger partial charge is 0.298 e. The van der Waals surface area contributed by atoms with Crippen LogP contribution >= 0.6 is 27.7 Å². The molecule has 1 unspecified atom stereocenters. The van der Waals surface area contributed by atoms with Gasteiger partial charge in [0.25, 0.3) is 5.03 Å². The Hall–Kier alpha value is -2.39. The van der Waals surface area contributed by atoms with Crippen LogP contribution in [0.1, 0.15) is 12.5 Å². The molecule has 0 saturated carbocycles. The summed E-state index contributed by atoms with van der Waals surface area (Å²) in [5.74, 6) is -1.65. The first-order valence-corrected chi connectivity index (χ1v) is 9.61. The van der Waals surface area contributed by atoms with Crippen molar-refractivity contribution >= 4 is 39.3 Å². The molecule has 0 aliphatic carbocycles. The molecule has 3 rings (SSSR count). The monoisotopic (exact) mass is 451 g/mol. The molecule has 27 heavy (non-hydrogen) atoms. The number of anilines is 1. The number of benzene rings is 2. The molecule has 1 atom stereocenters. The number of carbonyl (C=O) groups is 1. The predicted octanol–water partition coefficient (Wildman–Crippen LogP) is 3.35. The van der Waals surface area contributed by atoms with Gasteiger partial charge < -0.3 is 14.9 Å². The number of nitrogens with zero attached hydrogens (tertiary/aromatic N) is 2. The maximum absolute atomic E-state index is 13.9. The fraction of sp³-hybridized carbons (Fsp3) is 0.167. The zero-order chi connectivity index (χ0) is 19.6. The molecule has 2 aromatic carbocycles. The molecular formula is C18H15BrFN3O3S. The second-order valence-electron chi connectivity index (χ2n) is 5.79. The lowest BCUT2D eigenvalue weighted by molar-refractivity contribution is -0.705. The van der Waals surface area contributed by atoms with Crippen molar-refractivity contribution in [2.75, 3.05) is 5.32 Å². The summed E-state index contributed by atoms with van der Waals surface area (Å²) in [7, 11) is 0. The van der Waals surface area contributed by atoms with Gasteiger partial charge in [-0.15, -0.1) is 0 Å². The van der Waals surface area contributed by atoms with Crippen molar-refractivity contribution in [2.24, 2.45) is 0 Å². The van der Waals surface area contributed by atoms with Crippen molar-refractivity contribution in [1.29, 1.82) is 0 Å². The average Bonchev–Trinajstić information content (AvgIpc) is 2.98. The Kier molecular flexibility index (Phi) is 5.81. The first-order valence-electron chi connectivity index (χ1n) is 7.94. The third-order valence-corrected chi connectivity index (χ3v) is 5.32. The van der Waals surface area contributed by atoms with Gasteiger partial charge in [-0.2, -0.15) is 0 Å². The van der Waals surface area contributed by atoms with Crippen LogP contribution in [0.15, 0.2) is 56.5 Å². The number of rotatable bonds is 5. The summed E-state index contributed by atoms with van der Waals surface area (Å²) in [4.78, 5) is 12.4. The highest BCUT2D eigenvalue weighted by atomic mass is 79.9. The van der Waals surface area contributed by atoms with Gasteiger partial charge in [0.05, 0.1) is 16.2 Å². The van der Waals surface area contributed by atoms with E-state index in [1.807, 2.05) is 19.1 Å². The summed E-state index contributed by atoms with van der Waals surface area (Å²) in [6.45, 7) is 3.56. The van der Waals surface area contributed by atoms with Crippen molar-refractivity contribution in [3.05, 3.63) is 58.3 Å². The lowest BCUT2D eigenvalue weighted by Crippen LogP contribution is -2.36. The number of nitrogens with one attached hydrogen (secondary N) is 1. The number of hydrogen-bond acceptors (Lipinski definition) is 5. The molecule has 1 N–H and O–H groups in total. The Morgan fingerprint density at radius 3 is 2.70 bits per heavy atom. The van der Waals surface area contributed by atoms with Crippen molar-refractivity contribution in [2.45, 2.75) is 24.1 Å². The van der Waals surface area contributed by atoms with E-state index in [1.54, 1.807) is 25.1 Å². The van der Waals surface area contributed by atoms with Crippen LogP contribution in [0.3, 0.4) is 0 Å². The van der Waals surface area contributed by atoms with Crippen molar-refractivity contribution in [3.63, 3.8) is 0 Å². The molecule has 9 heteroatoms. The Morgan fingerprint density at radius 1 is 1.33 bits per heavy atom. The number of aryl methyl sites for hydroxylation is 1. The van der Waals surface area contributed by atoms with Crippen molar-refractivity contribution < 1.29 is 23.5 Å². The van der Waals surface area contributed by atoms with E-state index in [0.29, 0.717) is 10.2 Å². The standard InChI is InChI=1S/C18H15BrFN3O3S/c1-10-3-6-13(7-4-10)23-17(18(25)26-22-23)27-11(2)16(24)21-15-8-5-12(19)9-14(15)20/h3-9,11H,1-2H3,(H-,21,22,24,25). The maximum Gasteiger partial charge on any atom is 0.298 e. The minimum Gasteiger partial charge on any atom is -0.538 e. The van der Waals surface area contributed by atoms with Crippen LogP contribution in [-0.2, 0) is 4.79 Å². The molecule has 1 amide bonds. The van der Waals surface area contributed by atoms with Crippen LogP contribution in [0.4, 0.5) is 10.1 Å².